The summed E-state index contributed by atoms with van der Waals surface area (Å²) < 4.78 is 68.2. The van der Waals surface area contributed by atoms with E-state index in [2.05, 4.69) is 55.4 Å². The lowest BCUT2D eigenvalue weighted by Crippen LogP contribution is -2.30. The van der Waals surface area contributed by atoms with Crippen molar-refractivity contribution < 1.29 is 80.2 Å². The van der Waals surface area contributed by atoms with Crippen LogP contribution >= 0.6 is 15.6 Å². The Labute approximate surface area is 537 Å². The van der Waals surface area contributed by atoms with Crippen LogP contribution in [0.1, 0.15) is 338 Å². The molecule has 0 aromatic carbocycles. The van der Waals surface area contributed by atoms with Gasteiger partial charge in [-0.15, -0.1) is 0 Å². The first-order chi connectivity index (χ1) is 42.1. The molecule has 5 atom stereocenters. The lowest BCUT2D eigenvalue weighted by Gasteiger charge is -2.21. The Morgan fingerprint density at radius 1 is 0.284 bits per heavy atom. The third-order valence-electron chi connectivity index (χ3n) is 15.8. The molecule has 88 heavy (non-hydrogen) atoms. The molecule has 0 aliphatic rings. The minimum atomic E-state index is -4.95. The van der Waals surface area contributed by atoms with Crippen LogP contribution in [0.25, 0.3) is 0 Å². The number of hydrogen-bond acceptors (Lipinski definition) is 15. The van der Waals surface area contributed by atoms with Gasteiger partial charge in [0.25, 0.3) is 0 Å². The number of esters is 4. The van der Waals surface area contributed by atoms with E-state index in [1.807, 2.05) is 0 Å². The quantitative estimate of drug-likeness (QED) is 0.0222. The molecule has 0 heterocycles. The number of phosphoric ester groups is 2. The van der Waals surface area contributed by atoms with E-state index in [0.29, 0.717) is 31.6 Å². The molecule has 17 nitrogen and oxygen atoms in total. The van der Waals surface area contributed by atoms with Crippen LogP contribution in [-0.2, 0) is 65.4 Å². The smallest absolute Gasteiger partial charge is 0.462 e. The van der Waals surface area contributed by atoms with Crippen LogP contribution < -0.4 is 0 Å². The molecule has 0 radical (unpaired) electrons. The number of unbranched alkanes of at least 4 members (excludes halogenated alkanes) is 32. The first kappa shape index (κ1) is 86.1. The Balaban J connectivity index is 5.24. The van der Waals surface area contributed by atoms with Crippen molar-refractivity contribution in [2.75, 3.05) is 39.6 Å². The van der Waals surface area contributed by atoms with Gasteiger partial charge in [-0.2, -0.15) is 0 Å². The van der Waals surface area contributed by atoms with Gasteiger partial charge in [0.15, 0.2) is 12.2 Å². The maximum absolute atomic E-state index is 13.0. The van der Waals surface area contributed by atoms with Gasteiger partial charge in [0.2, 0.25) is 0 Å². The zero-order valence-electron chi connectivity index (χ0n) is 57.3. The van der Waals surface area contributed by atoms with Crippen LogP contribution in [0.5, 0.6) is 0 Å². The van der Waals surface area contributed by atoms with Crippen LogP contribution in [0.4, 0.5) is 0 Å². The second-order valence-electron chi connectivity index (χ2n) is 26.8. The second-order valence-corrected chi connectivity index (χ2v) is 29.7. The van der Waals surface area contributed by atoms with E-state index < -0.39 is 97.5 Å². The molecule has 522 valence electrons. The maximum Gasteiger partial charge on any atom is 0.472 e. The number of aliphatic hydroxyl groups is 1. The molecule has 0 fully saturated rings. The number of carbonyl (C=O) groups excluding carboxylic acids is 4. The van der Waals surface area contributed by atoms with Crippen LogP contribution in [0.3, 0.4) is 0 Å². The van der Waals surface area contributed by atoms with Crippen molar-refractivity contribution in [1.29, 1.82) is 0 Å². The maximum atomic E-state index is 13.0. The second kappa shape index (κ2) is 58.8. The van der Waals surface area contributed by atoms with Gasteiger partial charge in [-0.05, 0) is 49.4 Å². The average Bonchev–Trinajstić information content (AvgIpc) is 3.65. The standard InChI is InChI=1S/C69H134O17P2/c1-59(2)45-37-29-21-15-11-9-13-17-24-33-41-49-66(71)79-55-64(86-69(74)52-44-36-26-20-19-23-31-39-47-61(5)6)57-83-87(75,76)81-53-63(70)54-82-88(77,78)84-58-65(56-80-67(72)50-42-34-28-27-32-40-48-62(7)8)85-68(73)51-43-35-25-18-14-10-12-16-22-30-38-46-60(3)4/h59-65,70H,9-58H2,1-8H3,(H,75,76)(H,77,78)/t63-,64-,65-/m1/s1. The summed E-state index contributed by atoms with van der Waals surface area (Å²) >= 11 is 0. The molecule has 0 rings (SSSR count). The Kier molecular flexibility index (Phi) is 57.6. The lowest BCUT2D eigenvalue weighted by molar-refractivity contribution is -0.161. The molecule has 0 aromatic heterocycles. The highest BCUT2D eigenvalue weighted by Gasteiger charge is 2.30. The first-order valence-corrected chi connectivity index (χ1v) is 38.7. The zero-order valence-corrected chi connectivity index (χ0v) is 59.1. The highest BCUT2D eigenvalue weighted by atomic mass is 31.2. The number of ether oxygens (including phenoxy) is 4. The summed E-state index contributed by atoms with van der Waals surface area (Å²) in [4.78, 5) is 72.4. The topological polar surface area (TPSA) is 237 Å². The van der Waals surface area contributed by atoms with E-state index in [0.717, 1.165) is 114 Å². The van der Waals surface area contributed by atoms with E-state index in [-0.39, 0.29) is 25.7 Å². The van der Waals surface area contributed by atoms with E-state index >= 15 is 0 Å². The Bertz CT molecular complexity index is 1750. The molecule has 0 saturated carbocycles. The molecule has 0 saturated heterocycles. The van der Waals surface area contributed by atoms with Crippen molar-refractivity contribution in [2.24, 2.45) is 23.7 Å². The van der Waals surface area contributed by atoms with Crippen LogP contribution in [0, 0.1) is 23.7 Å². The largest absolute Gasteiger partial charge is 0.472 e. The van der Waals surface area contributed by atoms with Gasteiger partial charge in [-0.1, -0.05) is 287 Å². The normalized spacial score (nSPS) is 14.3. The summed E-state index contributed by atoms with van der Waals surface area (Å²) in [5, 5.41) is 10.6. The molecule has 0 aromatic rings. The van der Waals surface area contributed by atoms with Crippen LogP contribution in [0.15, 0.2) is 0 Å². The third kappa shape index (κ3) is 62.8. The number of phosphoric acid groups is 2. The van der Waals surface area contributed by atoms with Crippen molar-refractivity contribution >= 4 is 39.5 Å². The Morgan fingerprint density at radius 2 is 0.477 bits per heavy atom. The van der Waals surface area contributed by atoms with Crippen molar-refractivity contribution in [2.45, 2.75) is 356 Å². The fraction of sp³-hybridized carbons (Fsp3) is 0.942. The molecule has 19 heteroatoms. The summed E-state index contributed by atoms with van der Waals surface area (Å²) in [5.74, 6) is 0.801. The van der Waals surface area contributed by atoms with Crippen molar-refractivity contribution in [3.63, 3.8) is 0 Å². The van der Waals surface area contributed by atoms with Crippen molar-refractivity contribution in [3.05, 3.63) is 0 Å². The van der Waals surface area contributed by atoms with Gasteiger partial charge in [-0.3, -0.25) is 37.3 Å². The Morgan fingerprint density at radius 3 is 0.705 bits per heavy atom. The molecule has 0 spiro atoms. The van der Waals surface area contributed by atoms with Crippen LogP contribution in [-0.4, -0.2) is 96.7 Å². The molecule has 0 aliphatic heterocycles. The number of aliphatic hydroxyl groups excluding tert-OH is 1. The SMILES string of the molecule is CC(C)CCCCCCCCCCCCCC(=O)OC[C@H](COP(=O)(O)OC[C@@H](O)COP(=O)(O)OC[C@@H](COC(=O)CCCCCCCCC(C)C)OC(=O)CCCCCCCCCCCCCC(C)C)OC(=O)CCCCCCCCCCC(C)C. The van der Waals surface area contributed by atoms with Gasteiger partial charge in [0.1, 0.15) is 19.3 Å². The Hall–Kier alpha value is -1.94. The minimum Gasteiger partial charge on any atom is -0.462 e. The average molecular weight is 1300 g/mol. The highest BCUT2D eigenvalue weighted by Crippen LogP contribution is 2.45. The van der Waals surface area contributed by atoms with Crippen LogP contribution in [0.2, 0.25) is 0 Å². The predicted molar refractivity (Wildman–Crippen MR) is 354 cm³/mol. The van der Waals surface area contributed by atoms with Gasteiger partial charge < -0.3 is 33.8 Å². The summed E-state index contributed by atoms with van der Waals surface area (Å²) in [6.07, 6.45) is 40.5. The molecular weight excluding hydrogens is 1160 g/mol. The lowest BCUT2D eigenvalue weighted by atomic mass is 10.0. The molecule has 0 bridgehead atoms. The van der Waals surface area contributed by atoms with Crippen molar-refractivity contribution in [3.8, 4) is 0 Å². The third-order valence-corrected chi connectivity index (χ3v) is 17.7. The fourth-order valence-corrected chi connectivity index (χ4v) is 11.9. The van der Waals surface area contributed by atoms with Gasteiger partial charge in [0.05, 0.1) is 26.4 Å². The number of hydrogen-bond donors (Lipinski definition) is 3. The van der Waals surface area contributed by atoms with E-state index in [1.165, 1.54) is 135 Å². The minimum absolute atomic E-state index is 0.104. The van der Waals surface area contributed by atoms with Crippen molar-refractivity contribution in [1.82, 2.24) is 0 Å². The fourth-order valence-electron chi connectivity index (χ4n) is 10.3. The number of carbonyl (C=O) groups is 4. The first-order valence-electron chi connectivity index (χ1n) is 35.7. The van der Waals surface area contributed by atoms with Gasteiger partial charge in [0, 0.05) is 25.7 Å². The zero-order chi connectivity index (χ0) is 65.4. The van der Waals surface area contributed by atoms with E-state index in [1.54, 1.807) is 0 Å². The number of rotatable bonds is 66. The summed E-state index contributed by atoms with van der Waals surface area (Å²) in [7, 11) is -9.90. The summed E-state index contributed by atoms with van der Waals surface area (Å²) in [6, 6.07) is 0. The summed E-state index contributed by atoms with van der Waals surface area (Å²) in [5.41, 5.74) is 0. The molecule has 2 unspecified atom stereocenters. The monoisotopic (exact) mass is 1300 g/mol. The van der Waals surface area contributed by atoms with E-state index in [4.69, 9.17) is 37.0 Å². The molecule has 0 amide bonds. The van der Waals surface area contributed by atoms with Gasteiger partial charge >= 0.3 is 39.5 Å². The summed E-state index contributed by atoms with van der Waals surface area (Å²) in [6.45, 7) is 14.0. The molecule has 0 aliphatic carbocycles. The molecule has 3 N–H and O–H groups in total. The van der Waals surface area contributed by atoms with Gasteiger partial charge in [-0.25, -0.2) is 9.13 Å². The predicted octanol–water partition coefficient (Wildman–Crippen LogP) is 19.3. The molecular formula is C69H134O17P2. The van der Waals surface area contributed by atoms with E-state index in [9.17, 15) is 43.2 Å². The highest BCUT2D eigenvalue weighted by molar-refractivity contribution is 7.47.